The first kappa shape index (κ1) is 38.9. The molecule has 0 aromatic carbocycles. The van der Waals surface area contributed by atoms with Crippen molar-refractivity contribution in [3.8, 4) is 0 Å². The van der Waals surface area contributed by atoms with Crippen LogP contribution in [0.3, 0.4) is 0 Å². The quantitative estimate of drug-likeness (QED) is 0.318. The van der Waals surface area contributed by atoms with E-state index in [0.29, 0.717) is 0 Å². The van der Waals surface area contributed by atoms with Crippen molar-refractivity contribution in [1.29, 1.82) is 0 Å². The Bertz CT molecular complexity index is 3.90. The number of hydrogen-bond acceptors (Lipinski definition) is 0. The summed E-state index contributed by atoms with van der Waals surface area (Å²) < 4.78 is 0. The predicted molar refractivity (Wildman–Crippen MR) is 42.9 cm³/mol. The van der Waals surface area contributed by atoms with Crippen molar-refractivity contribution in [3.05, 3.63) is 0 Å². The van der Waals surface area contributed by atoms with Crippen molar-refractivity contribution in [1.82, 2.24) is 0 Å². The minimum absolute atomic E-state index is 0. The SMILES string of the molecule is [KH].[NaH].[NaH].[NaH].[NaH].[NaH]. The van der Waals surface area contributed by atoms with E-state index in [9.17, 15) is 0 Å². The molecular weight excluding hydrogens is 154 g/mol. The van der Waals surface area contributed by atoms with Gasteiger partial charge in [0.1, 0.15) is 0 Å². The van der Waals surface area contributed by atoms with E-state index in [-0.39, 0.29) is 199 Å². The van der Waals surface area contributed by atoms with Crippen LogP contribution in [-0.2, 0) is 0 Å². The van der Waals surface area contributed by atoms with E-state index in [1.165, 1.54) is 0 Å². The molecule has 0 fully saturated rings. The summed E-state index contributed by atoms with van der Waals surface area (Å²) in [5.41, 5.74) is 0. The molecule has 0 nitrogen and oxygen atoms in total. The Morgan fingerprint density at radius 1 is 0.333 bits per heavy atom. The second-order valence-electron chi connectivity index (χ2n) is 0. The third kappa shape index (κ3) is 22.4. The molecule has 0 saturated carbocycles. The van der Waals surface area contributed by atoms with Crippen LogP contribution in [0.4, 0.5) is 0 Å². The fourth-order valence-electron chi connectivity index (χ4n) is 0. The third-order valence-electron chi connectivity index (χ3n) is 0. The van der Waals surface area contributed by atoms with E-state index < -0.39 is 0 Å². The molecule has 12 valence electrons. The Hall–Kier alpha value is 6.64. The van der Waals surface area contributed by atoms with Crippen LogP contribution >= 0.6 is 0 Å². The first-order valence-corrected chi connectivity index (χ1v) is 0. The fourth-order valence-corrected chi connectivity index (χ4v) is 0. The second kappa shape index (κ2) is 29.9. The molecule has 0 aromatic rings. The van der Waals surface area contributed by atoms with Crippen LogP contribution in [0.15, 0.2) is 0 Å². The van der Waals surface area contributed by atoms with Crippen molar-refractivity contribution in [3.63, 3.8) is 0 Å². The van der Waals surface area contributed by atoms with Crippen LogP contribution in [0.25, 0.3) is 0 Å². The molecule has 0 spiro atoms. The van der Waals surface area contributed by atoms with Gasteiger partial charge in [0.05, 0.1) is 0 Å². The Morgan fingerprint density at radius 2 is 0.333 bits per heavy atom. The molecule has 0 saturated heterocycles. The summed E-state index contributed by atoms with van der Waals surface area (Å²) >= 11 is 0. The zero-order valence-corrected chi connectivity index (χ0v) is 0. The summed E-state index contributed by atoms with van der Waals surface area (Å²) in [7, 11) is 0. The van der Waals surface area contributed by atoms with Crippen LogP contribution in [0.5, 0.6) is 0 Å². The van der Waals surface area contributed by atoms with Gasteiger partial charge in [0.25, 0.3) is 0 Å². The van der Waals surface area contributed by atoms with Crippen molar-refractivity contribution < 1.29 is 0 Å². The van der Waals surface area contributed by atoms with Gasteiger partial charge in [-0.1, -0.05) is 0 Å². The Morgan fingerprint density at radius 3 is 0.333 bits per heavy atom. The molecule has 0 aliphatic heterocycles. The van der Waals surface area contributed by atoms with Gasteiger partial charge in [0, 0.05) is 0 Å². The zero-order chi connectivity index (χ0) is 0. The van der Waals surface area contributed by atoms with Gasteiger partial charge in [-0.25, -0.2) is 0 Å². The van der Waals surface area contributed by atoms with Gasteiger partial charge in [-0.2, -0.15) is 0 Å². The standard InChI is InChI=1S/K.5Na.6H. The van der Waals surface area contributed by atoms with Crippen LogP contribution in [0.1, 0.15) is 0 Å². The van der Waals surface area contributed by atoms with E-state index in [1.807, 2.05) is 0 Å². The Kier molecular flexibility index (Phi) is 194. The van der Waals surface area contributed by atoms with Gasteiger partial charge in [0.2, 0.25) is 0 Å². The van der Waals surface area contributed by atoms with E-state index in [4.69, 9.17) is 0 Å². The summed E-state index contributed by atoms with van der Waals surface area (Å²) in [6.07, 6.45) is 0. The first-order valence-electron chi connectivity index (χ1n) is 0. The maximum atomic E-state index is 0. The van der Waals surface area contributed by atoms with E-state index in [1.54, 1.807) is 0 Å². The van der Waals surface area contributed by atoms with Crippen molar-refractivity contribution in [2.45, 2.75) is 0 Å². The molecule has 6 heavy (non-hydrogen) atoms. The van der Waals surface area contributed by atoms with E-state index in [2.05, 4.69) is 0 Å². The van der Waals surface area contributed by atoms with Gasteiger partial charge in [-0.15, -0.1) is 0 Å². The normalized spacial score (nSPS) is 0. The average Bonchev–Trinajstić information content (AvgIpc) is 0. The van der Waals surface area contributed by atoms with Gasteiger partial charge in [-0.05, 0) is 0 Å². The summed E-state index contributed by atoms with van der Waals surface area (Å²) in [6.45, 7) is 0. The number of rotatable bonds is 0. The van der Waals surface area contributed by atoms with Gasteiger partial charge < -0.3 is 0 Å². The number of hydrogen-bond donors (Lipinski definition) is 0. The molecule has 0 aliphatic carbocycles. The Balaban J connectivity index is 0. The molecule has 6 heteroatoms. The molecular formula is H6KNa5. The topological polar surface area (TPSA) is 0 Å². The molecule has 0 radical (unpaired) electrons. The molecule has 0 heterocycles. The molecule has 0 bridgehead atoms. The van der Waals surface area contributed by atoms with Gasteiger partial charge in [0.15, 0.2) is 0 Å². The van der Waals surface area contributed by atoms with Crippen molar-refractivity contribution >= 4 is 199 Å². The molecule has 0 N–H and O–H groups in total. The van der Waals surface area contributed by atoms with E-state index in [0.717, 1.165) is 0 Å². The third-order valence-corrected chi connectivity index (χ3v) is 0. The minimum atomic E-state index is 0. The predicted octanol–water partition coefficient (Wildman–Crippen LogP) is -3.89. The first-order chi connectivity index (χ1) is 0. The second-order valence-corrected chi connectivity index (χ2v) is 0. The zero-order valence-electron chi connectivity index (χ0n) is 0. The summed E-state index contributed by atoms with van der Waals surface area (Å²) in [5, 5.41) is 0. The van der Waals surface area contributed by atoms with Gasteiger partial charge in [-0.3, -0.25) is 0 Å². The molecule has 0 rings (SSSR count). The van der Waals surface area contributed by atoms with Crippen LogP contribution in [0.2, 0.25) is 0 Å². The van der Waals surface area contributed by atoms with Crippen LogP contribution in [-0.4, -0.2) is 199 Å². The summed E-state index contributed by atoms with van der Waals surface area (Å²) in [6, 6.07) is 0. The molecule has 0 aliphatic rings. The van der Waals surface area contributed by atoms with Crippen LogP contribution in [0, 0.1) is 0 Å². The molecule has 0 aromatic heterocycles. The summed E-state index contributed by atoms with van der Waals surface area (Å²) in [4.78, 5) is 0. The summed E-state index contributed by atoms with van der Waals surface area (Å²) in [5.74, 6) is 0. The fraction of sp³-hybridized carbons (Fsp3) is 0. The van der Waals surface area contributed by atoms with Gasteiger partial charge >= 0.3 is 199 Å². The van der Waals surface area contributed by atoms with Crippen molar-refractivity contribution in [2.75, 3.05) is 0 Å². The van der Waals surface area contributed by atoms with Crippen molar-refractivity contribution in [2.24, 2.45) is 0 Å². The van der Waals surface area contributed by atoms with E-state index >= 15 is 0 Å². The molecule has 0 atom stereocenters. The Labute approximate surface area is 192 Å². The molecule has 0 unspecified atom stereocenters. The van der Waals surface area contributed by atoms with Crippen LogP contribution < -0.4 is 0 Å². The average molecular weight is 160 g/mol. The maximum absolute atomic E-state index is 0. The molecule has 0 amide bonds. The monoisotopic (exact) mass is 160 g/mol.